The number of H-pyrrole nitrogens is 1. The number of halogens is 1. The number of nitrogens with one attached hydrogen (secondary N) is 1. The summed E-state index contributed by atoms with van der Waals surface area (Å²) in [6.07, 6.45) is 0. The van der Waals surface area contributed by atoms with Gasteiger partial charge in [-0.1, -0.05) is 12.1 Å². The largest absolute Gasteiger partial charge is 0.327 e. The van der Waals surface area contributed by atoms with Crippen molar-refractivity contribution in [2.24, 2.45) is 0 Å². The molecule has 0 aliphatic carbocycles. The molecule has 3 rings (SSSR count). The molecule has 0 saturated heterocycles. The van der Waals surface area contributed by atoms with Crippen molar-refractivity contribution in [2.75, 3.05) is 0 Å². The Labute approximate surface area is 114 Å². The van der Waals surface area contributed by atoms with Gasteiger partial charge in [0, 0.05) is 6.54 Å². The van der Waals surface area contributed by atoms with Crippen LogP contribution in [0.4, 0.5) is 4.39 Å². The summed E-state index contributed by atoms with van der Waals surface area (Å²) in [5, 5.41) is 4.42. The fraction of sp³-hybridized carbons (Fsp3) is 0.231. The maximum Gasteiger partial charge on any atom is 0.184 e. The van der Waals surface area contributed by atoms with Gasteiger partial charge < -0.3 is 4.98 Å². The molecule has 3 aromatic rings. The highest BCUT2D eigenvalue weighted by Gasteiger charge is 2.16. The molecule has 2 heterocycles. The third kappa shape index (κ3) is 1.71. The average molecular weight is 276 g/mol. The van der Waals surface area contributed by atoms with Gasteiger partial charge in [0.05, 0.1) is 11.4 Å². The number of hydrogen-bond donors (Lipinski definition) is 1. The van der Waals surface area contributed by atoms with Gasteiger partial charge in [-0.3, -0.25) is 4.57 Å². The summed E-state index contributed by atoms with van der Waals surface area (Å²) in [6, 6.07) is 6.59. The van der Waals surface area contributed by atoms with E-state index in [0.717, 1.165) is 16.9 Å². The molecule has 0 radical (unpaired) electrons. The van der Waals surface area contributed by atoms with E-state index in [1.54, 1.807) is 22.8 Å². The van der Waals surface area contributed by atoms with E-state index in [9.17, 15) is 4.39 Å². The van der Waals surface area contributed by atoms with Crippen LogP contribution in [0.5, 0.6) is 0 Å². The highest BCUT2D eigenvalue weighted by Crippen LogP contribution is 2.23. The lowest BCUT2D eigenvalue weighted by molar-refractivity contribution is 0.613. The predicted octanol–water partition coefficient (Wildman–Crippen LogP) is 3.35. The van der Waals surface area contributed by atoms with E-state index in [4.69, 9.17) is 12.2 Å². The number of para-hydroxylation sites is 1. The first-order valence-electron chi connectivity index (χ1n) is 6.06. The second-order valence-corrected chi connectivity index (χ2v) is 4.70. The molecule has 0 spiro atoms. The summed E-state index contributed by atoms with van der Waals surface area (Å²) in [5.74, 6) is -0.305. The van der Waals surface area contributed by atoms with Crippen LogP contribution in [0, 0.1) is 17.5 Å². The van der Waals surface area contributed by atoms with Crippen molar-refractivity contribution in [3.8, 4) is 5.69 Å². The van der Waals surface area contributed by atoms with Gasteiger partial charge in [0.2, 0.25) is 0 Å². The fourth-order valence-electron chi connectivity index (χ4n) is 2.28. The molecule has 98 valence electrons. The molecule has 0 unspecified atom stereocenters. The number of nitrogens with zero attached hydrogens (tertiary/aromatic N) is 3. The molecule has 0 fully saturated rings. The second-order valence-electron chi connectivity index (χ2n) is 4.32. The first kappa shape index (κ1) is 12.1. The molecule has 1 N–H and O–H groups in total. The summed E-state index contributed by atoms with van der Waals surface area (Å²) in [5.41, 5.74) is 2.96. The number of benzene rings is 1. The van der Waals surface area contributed by atoms with Gasteiger partial charge in [-0.05, 0) is 38.2 Å². The van der Waals surface area contributed by atoms with Gasteiger partial charge in [-0.25, -0.2) is 9.07 Å². The normalized spacial score (nSPS) is 11.3. The quantitative estimate of drug-likeness (QED) is 0.729. The smallest absolute Gasteiger partial charge is 0.184 e. The molecule has 0 bridgehead atoms. The number of aryl methyl sites for hydroxylation is 2. The maximum atomic E-state index is 14.0. The summed E-state index contributed by atoms with van der Waals surface area (Å²) in [6.45, 7) is 4.60. The van der Waals surface area contributed by atoms with Crippen LogP contribution in [0.1, 0.15) is 12.6 Å². The molecule has 0 saturated carbocycles. The molecule has 19 heavy (non-hydrogen) atoms. The SMILES string of the molecule is CCn1nc(C)c2[nH]c(=S)n(-c3ccccc3F)c21. The van der Waals surface area contributed by atoms with Crippen molar-refractivity contribution in [2.45, 2.75) is 20.4 Å². The number of aromatic amines is 1. The van der Waals surface area contributed by atoms with E-state index < -0.39 is 0 Å². The number of aromatic nitrogens is 4. The van der Waals surface area contributed by atoms with Crippen molar-refractivity contribution in [3.05, 3.63) is 40.5 Å². The summed E-state index contributed by atoms with van der Waals surface area (Å²) in [4.78, 5) is 3.10. The minimum absolute atomic E-state index is 0.305. The monoisotopic (exact) mass is 276 g/mol. The fourth-order valence-corrected chi connectivity index (χ4v) is 2.57. The van der Waals surface area contributed by atoms with Crippen LogP contribution in [-0.4, -0.2) is 19.3 Å². The molecular formula is C13H13FN4S. The molecule has 2 aromatic heterocycles. The van der Waals surface area contributed by atoms with Gasteiger partial charge in [-0.15, -0.1) is 0 Å². The van der Waals surface area contributed by atoms with Gasteiger partial charge in [0.1, 0.15) is 11.3 Å². The van der Waals surface area contributed by atoms with Crippen molar-refractivity contribution >= 4 is 23.4 Å². The Balaban J connectivity index is 2.44. The molecule has 0 aliphatic heterocycles. The number of rotatable bonds is 2. The molecule has 6 heteroatoms. The molecule has 4 nitrogen and oxygen atoms in total. The van der Waals surface area contributed by atoms with Gasteiger partial charge in [0.15, 0.2) is 10.4 Å². The van der Waals surface area contributed by atoms with E-state index in [1.807, 2.05) is 18.5 Å². The summed E-state index contributed by atoms with van der Waals surface area (Å²) < 4.78 is 18.0. The van der Waals surface area contributed by atoms with Gasteiger partial charge in [-0.2, -0.15) is 5.10 Å². The van der Waals surface area contributed by atoms with Crippen LogP contribution in [0.15, 0.2) is 24.3 Å². The first-order valence-corrected chi connectivity index (χ1v) is 6.47. The lowest BCUT2D eigenvalue weighted by atomic mass is 10.3. The summed E-state index contributed by atoms with van der Waals surface area (Å²) in [7, 11) is 0. The van der Waals surface area contributed by atoms with Gasteiger partial charge >= 0.3 is 0 Å². The number of fused-ring (bicyclic) bond motifs is 1. The lowest BCUT2D eigenvalue weighted by Gasteiger charge is -2.06. The van der Waals surface area contributed by atoms with Crippen LogP contribution in [0.2, 0.25) is 0 Å². The average Bonchev–Trinajstić information content (AvgIpc) is 2.88. The van der Waals surface area contributed by atoms with Crippen molar-refractivity contribution < 1.29 is 4.39 Å². The minimum Gasteiger partial charge on any atom is -0.327 e. The topological polar surface area (TPSA) is 38.5 Å². The zero-order valence-electron chi connectivity index (χ0n) is 10.6. The Bertz CT molecular complexity index is 812. The van der Waals surface area contributed by atoms with Crippen LogP contribution in [0.3, 0.4) is 0 Å². The molecular weight excluding hydrogens is 263 g/mol. The Kier molecular flexibility index (Phi) is 2.74. The predicted molar refractivity (Wildman–Crippen MR) is 74.6 cm³/mol. The zero-order valence-corrected chi connectivity index (χ0v) is 11.5. The third-order valence-corrected chi connectivity index (χ3v) is 3.42. The van der Waals surface area contributed by atoms with Crippen molar-refractivity contribution in [1.29, 1.82) is 0 Å². The van der Waals surface area contributed by atoms with Crippen LogP contribution >= 0.6 is 12.2 Å². The molecule has 1 aromatic carbocycles. The Morgan fingerprint density at radius 2 is 2.11 bits per heavy atom. The lowest BCUT2D eigenvalue weighted by Crippen LogP contribution is -2.05. The van der Waals surface area contributed by atoms with Gasteiger partial charge in [0.25, 0.3) is 0 Å². The Hall–Kier alpha value is -1.95. The Morgan fingerprint density at radius 3 is 2.79 bits per heavy atom. The first-order chi connectivity index (χ1) is 9.13. The van der Waals surface area contributed by atoms with Crippen LogP contribution in [-0.2, 0) is 6.54 Å². The van der Waals surface area contributed by atoms with E-state index in [-0.39, 0.29) is 5.82 Å². The maximum absolute atomic E-state index is 14.0. The molecule has 0 amide bonds. The third-order valence-electron chi connectivity index (χ3n) is 3.14. The van der Waals surface area contributed by atoms with Crippen molar-refractivity contribution in [3.63, 3.8) is 0 Å². The number of imidazole rings is 1. The number of hydrogen-bond acceptors (Lipinski definition) is 2. The molecule has 0 aliphatic rings. The zero-order chi connectivity index (χ0) is 13.6. The van der Waals surface area contributed by atoms with Crippen LogP contribution in [0.25, 0.3) is 16.9 Å². The highest BCUT2D eigenvalue weighted by molar-refractivity contribution is 7.71. The standard InChI is InChI=1S/C13H13FN4S/c1-3-17-12-11(8(2)16-17)15-13(19)18(12)10-7-5-4-6-9(10)14/h4-7H,3H2,1-2H3,(H,15,19). The van der Waals surface area contributed by atoms with E-state index >= 15 is 0 Å². The minimum atomic E-state index is -0.305. The van der Waals surface area contributed by atoms with Crippen LogP contribution < -0.4 is 0 Å². The summed E-state index contributed by atoms with van der Waals surface area (Å²) >= 11 is 5.32. The molecule has 0 atom stereocenters. The highest BCUT2D eigenvalue weighted by atomic mass is 32.1. The van der Waals surface area contributed by atoms with Crippen molar-refractivity contribution in [1.82, 2.24) is 19.3 Å². The van der Waals surface area contributed by atoms with E-state index in [0.29, 0.717) is 17.0 Å². The van der Waals surface area contributed by atoms with E-state index in [1.165, 1.54) is 6.07 Å². The second kappa shape index (κ2) is 4.31. The Morgan fingerprint density at radius 1 is 1.37 bits per heavy atom. The van der Waals surface area contributed by atoms with E-state index in [2.05, 4.69) is 10.1 Å².